The lowest BCUT2D eigenvalue weighted by Gasteiger charge is -2.17. The number of hydrogen-bond donors (Lipinski definition) is 1. The molecule has 26 heavy (non-hydrogen) atoms. The van der Waals surface area contributed by atoms with Gasteiger partial charge < -0.3 is 10.1 Å². The third-order valence-corrected chi connectivity index (χ3v) is 5.43. The first-order valence-electron chi connectivity index (χ1n) is 8.48. The highest BCUT2D eigenvalue weighted by molar-refractivity contribution is 7.17. The molecule has 3 rings (SSSR count). The third-order valence-electron chi connectivity index (χ3n) is 4.22. The van der Waals surface area contributed by atoms with E-state index in [9.17, 15) is 4.79 Å². The Morgan fingerprint density at radius 2 is 1.88 bits per heavy atom. The van der Waals surface area contributed by atoms with Crippen molar-refractivity contribution in [3.63, 3.8) is 0 Å². The minimum absolute atomic E-state index is 0.113. The SMILES string of the molecule is COc1ccc(C)cc1C(C)NC(=O)c1sc(-c2ccccc2)nc1C. The number of aryl methyl sites for hydroxylation is 2. The van der Waals surface area contributed by atoms with E-state index in [0.717, 1.165) is 33.1 Å². The standard InChI is InChI=1S/C21H22N2O2S/c1-13-10-11-18(25-4)17(12-13)14(2)22-20(24)19-15(3)23-21(26-19)16-8-6-5-7-9-16/h5-12,14H,1-4H3,(H,22,24). The van der Waals surface area contributed by atoms with E-state index in [-0.39, 0.29) is 11.9 Å². The molecule has 0 fully saturated rings. The number of amides is 1. The molecule has 0 bridgehead atoms. The van der Waals surface area contributed by atoms with Gasteiger partial charge in [-0.15, -0.1) is 11.3 Å². The van der Waals surface area contributed by atoms with Crippen molar-refractivity contribution in [3.8, 4) is 16.3 Å². The molecule has 4 nitrogen and oxygen atoms in total. The Morgan fingerprint density at radius 1 is 1.15 bits per heavy atom. The highest BCUT2D eigenvalue weighted by Crippen LogP contribution is 2.30. The number of aromatic nitrogens is 1. The van der Waals surface area contributed by atoms with Gasteiger partial charge in [-0.05, 0) is 26.8 Å². The predicted molar refractivity (Wildman–Crippen MR) is 106 cm³/mol. The number of nitrogens with zero attached hydrogens (tertiary/aromatic N) is 1. The van der Waals surface area contributed by atoms with Crippen molar-refractivity contribution in [2.75, 3.05) is 7.11 Å². The molecule has 0 radical (unpaired) electrons. The van der Waals surface area contributed by atoms with Crippen LogP contribution in [-0.4, -0.2) is 18.0 Å². The van der Waals surface area contributed by atoms with Gasteiger partial charge in [-0.2, -0.15) is 0 Å². The highest BCUT2D eigenvalue weighted by Gasteiger charge is 2.20. The van der Waals surface area contributed by atoms with Crippen LogP contribution in [-0.2, 0) is 0 Å². The summed E-state index contributed by atoms with van der Waals surface area (Å²) in [5.74, 6) is 0.660. The summed E-state index contributed by atoms with van der Waals surface area (Å²) in [4.78, 5) is 18.0. The van der Waals surface area contributed by atoms with E-state index in [1.807, 2.05) is 69.3 Å². The topological polar surface area (TPSA) is 51.2 Å². The summed E-state index contributed by atoms with van der Waals surface area (Å²) in [6.45, 7) is 5.86. The van der Waals surface area contributed by atoms with Crippen LogP contribution >= 0.6 is 11.3 Å². The van der Waals surface area contributed by atoms with Gasteiger partial charge in [0.05, 0.1) is 18.8 Å². The first-order valence-corrected chi connectivity index (χ1v) is 9.29. The molecule has 0 aliphatic rings. The smallest absolute Gasteiger partial charge is 0.263 e. The van der Waals surface area contributed by atoms with E-state index in [4.69, 9.17) is 4.74 Å². The number of carbonyl (C=O) groups excluding carboxylic acids is 1. The van der Waals surface area contributed by atoms with E-state index >= 15 is 0 Å². The lowest BCUT2D eigenvalue weighted by molar-refractivity contribution is 0.0943. The first-order chi connectivity index (χ1) is 12.5. The molecule has 0 aliphatic heterocycles. The molecule has 1 N–H and O–H groups in total. The molecule has 0 spiro atoms. The number of nitrogens with one attached hydrogen (secondary N) is 1. The van der Waals surface area contributed by atoms with Crippen LogP contribution in [0.2, 0.25) is 0 Å². The fraction of sp³-hybridized carbons (Fsp3) is 0.238. The Kier molecular flexibility index (Phi) is 5.38. The van der Waals surface area contributed by atoms with Gasteiger partial charge in [0, 0.05) is 11.1 Å². The van der Waals surface area contributed by atoms with Gasteiger partial charge in [-0.3, -0.25) is 4.79 Å². The number of hydrogen-bond acceptors (Lipinski definition) is 4. The molecule has 1 aromatic heterocycles. The van der Waals surface area contributed by atoms with E-state index in [0.29, 0.717) is 4.88 Å². The normalized spacial score (nSPS) is 11.8. The Balaban J connectivity index is 1.82. The summed E-state index contributed by atoms with van der Waals surface area (Å²) in [5, 5.41) is 3.93. The summed E-state index contributed by atoms with van der Waals surface area (Å²) in [6.07, 6.45) is 0. The van der Waals surface area contributed by atoms with Crippen LogP contribution in [0.5, 0.6) is 5.75 Å². The first kappa shape index (κ1) is 18.1. The van der Waals surface area contributed by atoms with E-state index in [1.54, 1.807) is 7.11 Å². The molecule has 0 aliphatic carbocycles. The summed E-state index contributed by atoms with van der Waals surface area (Å²) in [7, 11) is 1.64. The second kappa shape index (κ2) is 7.70. The number of thiazole rings is 1. The second-order valence-corrected chi connectivity index (χ2v) is 7.24. The second-order valence-electron chi connectivity index (χ2n) is 6.24. The third kappa shape index (κ3) is 3.78. The monoisotopic (exact) mass is 366 g/mol. The molecular formula is C21H22N2O2S. The van der Waals surface area contributed by atoms with Gasteiger partial charge in [0.1, 0.15) is 15.6 Å². The van der Waals surface area contributed by atoms with Gasteiger partial charge >= 0.3 is 0 Å². The Bertz CT molecular complexity index is 919. The minimum atomic E-state index is -0.168. The maximum atomic E-state index is 12.8. The molecule has 5 heteroatoms. The van der Waals surface area contributed by atoms with Crippen LogP contribution in [0.4, 0.5) is 0 Å². The number of rotatable bonds is 5. The highest BCUT2D eigenvalue weighted by atomic mass is 32.1. The number of methoxy groups -OCH3 is 1. The van der Waals surface area contributed by atoms with Gasteiger partial charge in [0.15, 0.2) is 0 Å². The molecule has 0 saturated heterocycles. The quantitative estimate of drug-likeness (QED) is 0.697. The van der Waals surface area contributed by atoms with Gasteiger partial charge in [-0.1, -0.05) is 48.0 Å². The van der Waals surface area contributed by atoms with Crippen molar-refractivity contribution in [1.29, 1.82) is 0 Å². The van der Waals surface area contributed by atoms with Crippen LogP contribution in [0.15, 0.2) is 48.5 Å². The van der Waals surface area contributed by atoms with E-state index in [1.165, 1.54) is 11.3 Å². The fourth-order valence-corrected chi connectivity index (χ4v) is 3.82. The molecule has 1 unspecified atom stereocenters. The number of benzene rings is 2. The lowest BCUT2D eigenvalue weighted by Crippen LogP contribution is -2.26. The van der Waals surface area contributed by atoms with E-state index < -0.39 is 0 Å². The largest absolute Gasteiger partial charge is 0.496 e. The Morgan fingerprint density at radius 3 is 2.58 bits per heavy atom. The summed E-state index contributed by atoms with van der Waals surface area (Å²) in [5.41, 5.74) is 3.86. The van der Waals surface area contributed by atoms with Crippen LogP contribution < -0.4 is 10.1 Å². The summed E-state index contributed by atoms with van der Waals surface area (Å²) >= 11 is 1.42. The van der Waals surface area contributed by atoms with Crippen LogP contribution in [0.1, 0.15) is 39.5 Å². The summed E-state index contributed by atoms with van der Waals surface area (Å²) in [6, 6.07) is 15.7. The van der Waals surface area contributed by atoms with Crippen molar-refractivity contribution >= 4 is 17.2 Å². The molecule has 0 saturated carbocycles. The molecule has 3 aromatic rings. The molecule has 1 amide bonds. The molecule has 134 valence electrons. The van der Waals surface area contributed by atoms with Gasteiger partial charge in [0.25, 0.3) is 5.91 Å². The molecule has 2 aromatic carbocycles. The lowest BCUT2D eigenvalue weighted by atomic mass is 10.0. The van der Waals surface area contributed by atoms with Crippen LogP contribution in [0.25, 0.3) is 10.6 Å². The zero-order chi connectivity index (χ0) is 18.7. The average Bonchev–Trinajstić information content (AvgIpc) is 3.04. The van der Waals surface area contributed by atoms with Crippen LogP contribution in [0, 0.1) is 13.8 Å². The molecule has 1 atom stereocenters. The number of ether oxygens (including phenoxy) is 1. The maximum Gasteiger partial charge on any atom is 0.263 e. The van der Waals surface area contributed by atoms with Gasteiger partial charge in [0.2, 0.25) is 0 Å². The Hall–Kier alpha value is -2.66. The predicted octanol–water partition coefficient (Wildman–Crippen LogP) is 4.93. The Labute approximate surface area is 157 Å². The maximum absolute atomic E-state index is 12.8. The van der Waals surface area contributed by atoms with Crippen molar-refractivity contribution < 1.29 is 9.53 Å². The van der Waals surface area contributed by atoms with Crippen LogP contribution in [0.3, 0.4) is 0 Å². The van der Waals surface area contributed by atoms with Gasteiger partial charge in [-0.25, -0.2) is 4.98 Å². The zero-order valence-corrected chi connectivity index (χ0v) is 16.2. The zero-order valence-electron chi connectivity index (χ0n) is 15.4. The molecule has 1 heterocycles. The van der Waals surface area contributed by atoms with Crippen molar-refractivity contribution in [3.05, 3.63) is 70.2 Å². The molecular weight excluding hydrogens is 344 g/mol. The van der Waals surface area contributed by atoms with E-state index in [2.05, 4.69) is 10.3 Å². The van der Waals surface area contributed by atoms with Crippen molar-refractivity contribution in [1.82, 2.24) is 10.3 Å². The summed E-state index contributed by atoms with van der Waals surface area (Å²) < 4.78 is 5.43. The average molecular weight is 366 g/mol. The minimum Gasteiger partial charge on any atom is -0.496 e. The number of carbonyl (C=O) groups is 1. The van der Waals surface area contributed by atoms with Crippen molar-refractivity contribution in [2.24, 2.45) is 0 Å². The van der Waals surface area contributed by atoms with Crippen molar-refractivity contribution in [2.45, 2.75) is 26.8 Å². The fourth-order valence-electron chi connectivity index (χ4n) is 2.84.